The summed E-state index contributed by atoms with van der Waals surface area (Å²) in [4.78, 5) is 5.63. The minimum absolute atomic E-state index is 0.0245. The van der Waals surface area contributed by atoms with Crippen molar-refractivity contribution < 1.29 is 0 Å². The highest BCUT2D eigenvalue weighted by atomic mass is 32.1. The van der Waals surface area contributed by atoms with Crippen molar-refractivity contribution in [2.24, 2.45) is 0 Å². The lowest BCUT2D eigenvalue weighted by Crippen LogP contribution is -2.22. The Kier molecular flexibility index (Phi) is 4.01. The van der Waals surface area contributed by atoms with E-state index < -0.39 is 0 Å². The maximum Gasteiger partial charge on any atom is 0.109 e. The molecule has 1 unspecified atom stereocenters. The van der Waals surface area contributed by atoms with E-state index in [4.69, 9.17) is 0 Å². The van der Waals surface area contributed by atoms with Crippen LogP contribution in [0.4, 0.5) is 0 Å². The predicted molar refractivity (Wildman–Crippen MR) is 77.1 cm³/mol. The molecule has 0 amide bonds. The third kappa shape index (κ3) is 3.61. The number of nitrogens with zero attached hydrogens (tertiary/aromatic N) is 4. The highest BCUT2D eigenvalue weighted by Crippen LogP contribution is 2.19. The predicted octanol–water partition coefficient (Wildman–Crippen LogP) is 2.65. The first-order valence-electron chi connectivity index (χ1n) is 6.43. The van der Waals surface area contributed by atoms with Crippen LogP contribution in [0.3, 0.4) is 0 Å². The van der Waals surface area contributed by atoms with E-state index in [1.165, 1.54) is 4.88 Å². The molecular formula is C13H21N5S. The van der Waals surface area contributed by atoms with Crippen LogP contribution in [-0.2, 0) is 12.1 Å². The van der Waals surface area contributed by atoms with Crippen molar-refractivity contribution in [2.45, 2.75) is 52.7 Å². The van der Waals surface area contributed by atoms with Gasteiger partial charge in [0.1, 0.15) is 5.01 Å². The lowest BCUT2D eigenvalue weighted by molar-refractivity contribution is 0.347. The summed E-state index contributed by atoms with van der Waals surface area (Å²) in [6, 6.07) is 0.235. The maximum atomic E-state index is 4.39. The zero-order valence-corrected chi connectivity index (χ0v) is 13.0. The van der Waals surface area contributed by atoms with E-state index >= 15 is 0 Å². The van der Waals surface area contributed by atoms with Gasteiger partial charge in [-0.2, -0.15) is 0 Å². The summed E-state index contributed by atoms with van der Waals surface area (Å²) in [6.07, 6.45) is 3.90. The smallest absolute Gasteiger partial charge is 0.109 e. The first kappa shape index (κ1) is 14.1. The van der Waals surface area contributed by atoms with E-state index in [0.717, 1.165) is 10.7 Å². The largest absolute Gasteiger partial charge is 0.302 e. The summed E-state index contributed by atoms with van der Waals surface area (Å²) in [5.74, 6) is 0. The van der Waals surface area contributed by atoms with Crippen LogP contribution < -0.4 is 5.32 Å². The van der Waals surface area contributed by atoms with Crippen molar-refractivity contribution in [3.05, 3.63) is 28.0 Å². The Morgan fingerprint density at radius 2 is 2.16 bits per heavy atom. The molecule has 0 aliphatic rings. The molecule has 1 atom stereocenters. The Morgan fingerprint density at radius 3 is 2.68 bits per heavy atom. The van der Waals surface area contributed by atoms with Gasteiger partial charge in [-0.25, -0.2) is 9.67 Å². The minimum Gasteiger partial charge on any atom is -0.302 e. The molecule has 0 aliphatic heterocycles. The molecule has 2 aromatic heterocycles. The molecule has 0 saturated carbocycles. The van der Waals surface area contributed by atoms with Crippen LogP contribution in [0.1, 0.15) is 49.3 Å². The van der Waals surface area contributed by atoms with Crippen LogP contribution in [0.2, 0.25) is 0 Å². The molecule has 0 radical (unpaired) electrons. The van der Waals surface area contributed by atoms with Gasteiger partial charge in [0, 0.05) is 17.6 Å². The first-order chi connectivity index (χ1) is 8.86. The molecular weight excluding hydrogens is 258 g/mol. The Morgan fingerprint density at radius 1 is 1.42 bits per heavy atom. The SMILES string of the molecule is Cc1cnc(C(C)NCc2cn(C(C)(C)C)nn2)s1. The Labute approximate surface area is 118 Å². The second kappa shape index (κ2) is 5.38. The van der Waals surface area contributed by atoms with E-state index in [1.807, 2.05) is 17.1 Å². The Hall–Kier alpha value is -1.27. The van der Waals surface area contributed by atoms with Crippen molar-refractivity contribution >= 4 is 11.3 Å². The summed E-state index contributed by atoms with van der Waals surface area (Å²) in [7, 11) is 0. The van der Waals surface area contributed by atoms with Gasteiger partial charge >= 0.3 is 0 Å². The lowest BCUT2D eigenvalue weighted by Gasteiger charge is -2.17. The van der Waals surface area contributed by atoms with Crippen molar-refractivity contribution in [2.75, 3.05) is 0 Å². The number of thiazole rings is 1. The molecule has 19 heavy (non-hydrogen) atoms. The van der Waals surface area contributed by atoms with Crippen LogP contribution in [0.5, 0.6) is 0 Å². The van der Waals surface area contributed by atoms with Gasteiger partial charge in [-0.3, -0.25) is 0 Å². The van der Waals surface area contributed by atoms with Crippen LogP contribution in [0, 0.1) is 6.92 Å². The summed E-state index contributed by atoms with van der Waals surface area (Å²) in [5, 5.41) is 12.9. The standard InChI is InChI=1S/C13H21N5S/c1-9-6-15-12(19-9)10(2)14-7-11-8-18(17-16-11)13(3,4)5/h6,8,10,14H,7H2,1-5H3. The second-order valence-corrected chi connectivity index (χ2v) is 7.00. The van der Waals surface area contributed by atoms with Gasteiger partial charge in [0.2, 0.25) is 0 Å². The van der Waals surface area contributed by atoms with E-state index in [0.29, 0.717) is 6.54 Å². The molecule has 0 bridgehead atoms. The average Bonchev–Trinajstić information content (AvgIpc) is 2.93. The fourth-order valence-corrected chi connectivity index (χ4v) is 2.43. The van der Waals surface area contributed by atoms with Crippen molar-refractivity contribution in [3.63, 3.8) is 0 Å². The van der Waals surface area contributed by atoms with Crippen LogP contribution in [-0.4, -0.2) is 20.0 Å². The lowest BCUT2D eigenvalue weighted by atomic mass is 10.1. The number of aryl methyl sites for hydroxylation is 1. The normalized spacial score (nSPS) is 13.7. The maximum absolute atomic E-state index is 4.39. The van der Waals surface area contributed by atoms with Gasteiger partial charge in [0.15, 0.2) is 0 Å². The summed E-state index contributed by atoms with van der Waals surface area (Å²) >= 11 is 1.73. The van der Waals surface area contributed by atoms with Gasteiger partial charge in [0.25, 0.3) is 0 Å². The van der Waals surface area contributed by atoms with Gasteiger partial charge in [-0.1, -0.05) is 5.21 Å². The fourth-order valence-electron chi connectivity index (χ4n) is 1.62. The summed E-state index contributed by atoms with van der Waals surface area (Å²) < 4.78 is 1.89. The molecule has 2 rings (SSSR count). The topological polar surface area (TPSA) is 55.6 Å². The molecule has 0 aliphatic carbocycles. The quantitative estimate of drug-likeness (QED) is 0.935. The van der Waals surface area contributed by atoms with Crippen LogP contribution in [0.25, 0.3) is 0 Å². The molecule has 6 heteroatoms. The minimum atomic E-state index is -0.0245. The summed E-state index contributed by atoms with van der Waals surface area (Å²) in [6.45, 7) is 11.2. The van der Waals surface area contributed by atoms with Crippen LogP contribution in [0.15, 0.2) is 12.4 Å². The van der Waals surface area contributed by atoms with E-state index in [9.17, 15) is 0 Å². The van der Waals surface area contributed by atoms with E-state index in [1.54, 1.807) is 11.3 Å². The summed E-state index contributed by atoms with van der Waals surface area (Å²) in [5.41, 5.74) is 0.929. The monoisotopic (exact) mass is 279 g/mol. The van der Waals surface area contributed by atoms with Gasteiger partial charge in [0.05, 0.1) is 23.5 Å². The number of hydrogen-bond donors (Lipinski definition) is 1. The number of aromatic nitrogens is 4. The molecule has 0 aromatic carbocycles. The molecule has 0 fully saturated rings. The van der Waals surface area contributed by atoms with E-state index in [2.05, 4.69) is 55.2 Å². The third-order valence-electron chi connectivity index (χ3n) is 2.83. The second-order valence-electron chi connectivity index (χ2n) is 5.74. The molecule has 0 spiro atoms. The molecule has 5 nitrogen and oxygen atoms in total. The highest BCUT2D eigenvalue weighted by molar-refractivity contribution is 7.11. The van der Waals surface area contributed by atoms with Crippen molar-refractivity contribution in [3.8, 4) is 0 Å². The van der Waals surface area contributed by atoms with Gasteiger partial charge < -0.3 is 5.32 Å². The van der Waals surface area contributed by atoms with E-state index in [-0.39, 0.29) is 11.6 Å². The zero-order valence-electron chi connectivity index (χ0n) is 12.1. The Bertz CT molecular complexity index is 537. The fraction of sp³-hybridized carbons (Fsp3) is 0.615. The Balaban J connectivity index is 1.94. The average molecular weight is 279 g/mol. The van der Waals surface area contributed by atoms with Crippen molar-refractivity contribution in [1.82, 2.24) is 25.3 Å². The number of nitrogens with one attached hydrogen (secondary N) is 1. The third-order valence-corrected chi connectivity index (χ3v) is 3.92. The zero-order chi connectivity index (χ0) is 14.0. The van der Waals surface area contributed by atoms with Crippen LogP contribution >= 0.6 is 11.3 Å². The number of hydrogen-bond acceptors (Lipinski definition) is 5. The van der Waals surface area contributed by atoms with Gasteiger partial charge in [-0.05, 0) is 34.6 Å². The highest BCUT2D eigenvalue weighted by Gasteiger charge is 2.15. The van der Waals surface area contributed by atoms with Crippen molar-refractivity contribution in [1.29, 1.82) is 0 Å². The number of rotatable bonds is 4. The molecule has 2 heterocycles. The molecule has 1 N–H and O–H groups in total. The molecule has 0 saturated heterocycles. The molecule has 104 valence electrons. The van der Waals surface area contributed by atoms with Gasteiger partial charge in [-0.15, -0.1) is 16.4 Å². The molecule has 2 aromatic rings. The first-order valence-corrected chi connectivity index (χ1v) is 7.25.